The highest BCUT2D eigenvalue weighted by atomic mass is 16.5. The SMILES string of the molecule is COc1ccc(CC(=O)N2CCC(NC(=O)c3ccccc3O)CC2)cc1. The number of phenols is 1. The molecule has 0 unspecified atom stereocenters. The lowest BCUT2D eigenvalue weighted by Gasteiger charge is -2.32. The molecule has 27 heavy (non-hydrogen) atoms. The second kappa shape index (κ2) is 8.58. The molecule has 0 aromatic heterocycles. The summed E-state index contributed by atoms with van der Waals surface area (Å²) >= 11 is 0. The fourth-order valence-corrected chi connectivity index (χ4v) is 3.23. The van der Waals surface area contributed by atoms with Gasteiger partial charge in [-0.15, -0.1) is 0 Å². The van der Waals surface area contributed by atoms with Crippen molar-refractivity contribution in [3.8, 4) is 11.5 Å². The number of para-hydroxylation sites is 1. The summed E-state index contributed by atoms with van der Waals surface area (Å²) in [6, 6.07) is 14.0. The lowest BCUT2D eigenvalue weighted by molar-refractivity contribution is -0.131. The van der Waals surface area contributed by atoms with E-state index in [2.05, 4.69) is 5.32 Å². The molecule has 0 radical (unpaired) electrons. The number of aromatic hydroxyl groups is 1. The molecule has 0 saturated carbocycles. The maximum absolute atomic E-state index is 12.5. The van der Waals surface area contributed by atoms with Crippen molar-refractivity contribution in [2.45, 2.75) is 25.3 Å². The topological polar surface area (TPSA) is 78.9 Å². The van der Waals surface area contributed by atoms with Crippen LogP contribution < -0.4 is 10.1 Å². The maximum atomic E-state index is 12.5. The van der Waals surface area contributed by atoms with Gasteiger partial charge in [-0.1, -0.05) is 24.3 Å². The van der Waals surface area contributed by atoms with Gasteiger partial charge in [0.2, 0.25) is 5.91 Å². The molecular weight excluding hydrogens is 344 g/mol. The molecule has 2 amide bonds. The van der Waals surface area contributed by atoms with Gasteiger partial charge in [-0.25, -0.2) is 0 Å². The van der Waals surface area contributed by atoms with Crippen LogP contribution in [0.1, 0.15) is 28.8 Å². The molecule has 0 atom stereocenters. The van der Waals surface area contributed by atoms with Crippen LogP contribution in [0.15, 0.2) is 48.5 Å². The van der Waals surface area contributed by atoms with Crippen molar-refractivity contribution in [1.29, 1.82) is 0 Å². The molecule has 2 aromatic carbocycles. The van der Waals surface area contributed by atoms with Gasteiger partial charge >= 0.3 is 0 Å². The zero-order valence-electron chi connectivity index (χ0n) is 15.4. The van der Waals surface area contributed by atoms with Gasteiger partial charge in [0.1, 0.15) is 11.5 Å². The number of carbonyl (C=O) groups excluding carboxylic acids is 2. The van der Waals surface area contributed by atoms with Crippen molar-refractivity contribution in [2.24, 2.45) is 0 Å². The molecule has 142 valence electrons. The first-order valence-electron chi connectivity index (χ1n) is 9.06. The number of hydrogen-bond acceptors (Lipinski definition) is 4. The van der Waals surface area contributed by atoms with E-state index >= 15 is 0 Å². The van der Waals surface area contributed by atoms with Crippen molar-refractivity contribution in [3.63, 3.8) is 0 Å². The van der Waals surface area contributed by atoms with E-state index in [1.807, 2.05) is 29.2 Å². The van der Waals surface area contributed by atoms with Crippen molar-refractivity contribution < 1.29 is 19.4 Å². The number of ether oxygens (including phenoxy) is 1. The van der Waals surface area contributed by atoms with E-state index in [-0.39, 0.29) is 29.2 Å². The third-order valence-electron chi connectivity index (χ3n) is 4.85. The van der Waals surface area contributed by atoms with Gasteiger partial charge in [0.05, 0.1) is 19.1 Å². The van der Waals surface area contributed by atoms with Gasteiger partial charge < -0.3 is 20.1 Å². The summed E-state index contributed by atoms with van der Waals surface area (Å²) in [7, 11) is 1.61. The summed E-state index contributed by atoms with van der Waals surface area (Å²) in [4.78, 5) is 26.6. The number of benzene rings is 2. The molecule has 1 fully saturated rings. The zero-order valence-corrected chi connectivity index (χ0v) is 15.4. The largest absolute Gasteiger partial charge is 0.507 e. The average Bonchev–Trinajstić information content (AvgIpc) is 2.69. The Morgan fingerprint density at radius 1 is 1.11 bits per heavy atom. The molecule has 1 aliphatic heterocycles. The molecule has 0 aliphatic carbocycles. The highest BCUT2D eigenvalue weighted by Gasteiger charge is 2.24. The van der Waals surface area contributed by atoms with E-state index < -0.39 is 0 Å². The van der Waals surface area contributed by atoms with Crippen molar-refractivity contribution in [2.75, 3.05) is 20.2 Å². The monoisotopic (exact) mass is 368 g/mol. The van der Waals surface area contributed by atoms with E-state index in [1.165, 1.54) is 6.07 Å². The lowest BCUT2D eigenvalue weighted by atomic mass is 10.0. The first-order chi connectivity index (χ1) is 13.1. The fraction of sp³-hybridized carbons (Fsp3) is 0.333. The summed E-state index contributed by atoms with van der Waals surface area (Å²) in [5.41, 5.74) is 1.23. The van der Waals surface area contributed by atoms with E-state index in [4.69, 9.17) is 4.74 Å². The minimum Gasteiger partial charge on any atom is -0.507 e. The number of nitrogens with one attached hydrogen (secondary N) is 1. The zero-order chi connectivity index (χ0) is 19.2. The van der Waals surface area contributed by atoms with Crippen LogP contribution in [0.5, 0.6) is 11.5 Å². The van der Waals surface area contributed by atoms with Gasteiger partial charge in [0, 0.05) is 19.1 Å². The molecule has 0 spiro atoms. The Labute approximate surface area is 158 Å². The summed E-state index contributed by atoms with van der Waals surface area (Å²) in [6.45, 7) is 1.22. The van der Waals surface area contributed by atoms with Crippen LogP contribution in [-0.2, 0) is 11.2 Å². The van der Waals surface area contributed by atoms with Crippen LogP contribution >= 0.6 is 0 Å². The summed E-state index contributed by atoms with van der Waals surface area (Å²) in [6.07, 6.45) is 1.76. The Hall–Kier alpha value is -3.02. The molecule has 2 aromatic rings. The second-order valence-electron chi connectivity index (χ2n) is 6.67. The normalized spacial score (nSPS) is 14.6. The Kier molecular flexibility index (Phi) is 5.96. The minimum absolute atomic E-state index is 0.00198. The molecule has 2 N–H and O–H groups in total. The van der Waals surface area contributed by atoms with E-state index in [0.29, 0.717) is 32.4 Å². The lowest BCUT2D eigenvalue weighted by Crippen LogP contribution is -2.47. The number of amides is 2. The van der Waals surface area contributed by atoms with Gasteiger partial charge in [-0.2, -0.15) is 0 Å². The Bertz CT molecular complexity index is 796. The smallest absolute Gasteiger partial charge is 0.255 e. The Morgan fingerprint density at radius 3 is 2.41 bits per heavy atom. The van der Waals surface area contributed by atoms with E-state index in [0.717, 1.165) is 11.3 Å². The van der Waals surface area contributed by atoms with Crippen molar-refractivity contribution >= 4 is 11.8 Å². The van der Waals surface area contributed by atoms with Crippen LogP contribution in [0.2, 0.25) is 0 Å². The Balaban J connectivity index is 1.48. The number of rotatable bonds is 5. The molecular formula is C21H24N2O4. The number of hydrogen-bond donors (Lipinski definition) is 2. The first kappa shape index (κ1) is 18.8. The van der Waals surface area contributed by atoms with E-state index in [9.17, 15) is 14.7 Å². The Morgan fingerprint density at radius 2 is 1.78 bits per heavy atom. The standard InChI is InChI=1S/C21H24N2O4/c1-27-17-8-6-15(7-9-17)14-20(25)23-12-10-16(11-13-23)22-21(26)18-4-2-3-5-19(18)24/h2-9,16,24H,10-14H2,1H3,(H,22,26). The summed E-state index contributed by atoms with van der Waals surface area (Å²) in [5.74, 6) is 0.552. The van der Waals surface area contributed by atoms with Gasteiger partial charge in [0.15, 0.2) is 0 Å². The maximum Gasteiger partial charge on any atom is 0.255 e. The highest BCUT2D eigenvalue weighted by molar-refractivity contribution is 5.96. The molecule has 6 nitrogen and oxygen atoms in total. The summed E-state index contributed by atoms with van der Waals surface area (Å²) in [5, 5.41) is 12.7. The van der Waals surface area contributed by atoms with Crippen LogP contribution in [0, 0.1) is 0 Å². The second-order valence-corrected chi connectivity index (χ2v) is 6.67. The molecule has 1 aliphatic rings. The number of methoxy groups -OCH3 is 1. The third-order valence-corrected chi connectivity index (χ3v) is 4.85. The average molecular weight is 368 g/mol. The minimum atomic E-state index is -0.281. The van der Waals surface area contributed by atoms with E-state index in [1.54, 1.807) is 25.3 Å². The predicted octanol–water partition coefficient (Wildman–Crippen LogP) is 2.36. The van der Waals surface area contributed by atoms with Crippen LogP contribution in [-0.4, -0.2) is 48.1 Å². The molecule has 0 bridgehead atoms. The molecule has 3 rings (SSSR count). The highest BCUT2D eigenvalue weighted by Crippen LogP contribution is 2.18. The predicted molar refractivity (Wildman–Crippen MR) is 102 cm³/mol. The van der Waals surface area contributed by atoms with Crippen LogP contribution in [0.4, 0.5) is 0 Å². The molecule has 1 saturated heterocycles. The quantitative estimate of drug-likeness (QED) is 0.849. The van der Waals surface area contributed by atoms with Crippen LogP contribution in [0.3, 0.4) is 0 Å². The van der Waals surface area contributed by atoms with Crippen LogP contribution in [0.25, 0.3) is 0 Å². The van der Waals surface area contributed by atoms with Crippen molar-refractivity contribution in [1.82, 2.24) is 10.2 Å². The fourth-order valence-electron chi connectivity index (χ4n) is 3.23. The molecule has 1 heterocycles. The number of likely N-dealkylation sites (tertiary alicyclic amines) is 1. The first-order valence-corrected chi connectivity index (χ1v) is 9.06. The van der Waals surface area contributed by atoms with Gasteiger partial charge in [0.25, 0.3) is 5.91 Å². The van der Waals surface area contributed by atoms with Gasteiger partial charge in [-0.3, -0.25) is 9.59 Å². The number of phenolic OH excluding ortho intramolecular Hbond substituents is 1. The van der Waals surface area contributed by atoms with Crippen molar-refractivity contribution in [3.05, 3.63) is 59.7 Å². The number of nitrogens with zero attached hydrogens (tertiary/aromatic N) is 1. The third kappa shape index (κ3) is 4.78. The summed E-state index contributed by atoms with van der Waals surface area (Å²) < 4.78 is 5.13. The molecule has 6 heteroatoms. The van der Waals surface area contributed by atoms with Gasteiger partial charge in [-0.05, 0) is 42.7 Å². The number of carbonyl (C=O) groups is 2. The number of piperidine rings is 1.